The minimum Gasteiger partial charge on any atom is -0.339 e. The molecule has 0 saturated carbocycles. The van der Waals surface area contributed by atoms with E-state index in [2.05, 4.69) is 10.5 Å². The first-order chi connectivity index (χ1) is 11.5. The van der Waals surface area contributed by atoms with Gasteiger partial charge in [-0.25, -0.2) is 9.78 Å². The number of hydroxylamine groups is 1. The minimum atomic E-state index is -0.525. The highest BCUT2D eigenvalue weighted by atomic mass is 33.1. The molecule has 0 aliphatic carbocycles. The van der Waals surface area contributed by atoms with E-state index < -0.39 is 17.9 Å². The summed E-state index contributed by atoms with van der Waals surface area (Å²) in [5.41, 5.74) is 2.07. The third-order valence-electron chi connectivity index (χ3n) is 2.91. The highest BCUT2D eigenvalue weighted by molar-refractivity contribution is 8.76. The van der Waals surface area contributed by atoms with Gasteiger partial charge >= 0.3 is 5.97 Å². The Bertz CT molecular complexity index is 529. The van der Waals surface area contributed by atoms with E-state index >= 15 is 0 Å². The van der Waals surface area contributed by atoms with E-state index in [0.717, 1.165) is 10.8 Å². The van der Waals surface area contributed by atoms with Gasteiger partial charge in [0.15, 0.2) is 0 Å². The summed E-state index contributed by atoms with van der Waals surface area (Å²) in [6, 6.07) is 5.23. The van der Waals surface area contributed by atoms with Crippen molar-refractivity contribution in [3.05, 3.63) is 24.4 Å². The van der Waals surface area contributed by atoms with Gasteiger partial charge in [-0.1, -0.05) is 16.9 Å². The fraction of sp³-hybridized carbons (Fsp3) is 0.467. The summed E-state index contributed by atoms with van der Waals surface area (Å²) < 4.78 is 0. The molecule has 0 bridgehead atoms. The monoisotopic (exact) mass is 371 g/mol. The zero-order chi connectivity index (χ0) is 17.8. The first-order valence-electron chi connectivity index (χ1n) is 7.34. The summed E-state index contributed by atoms with van der Waals surface area (Å²) >= 11 is 0. The van der Waals surface area contributed by atoms with Crippen LogP contribution in [0.3, 0.4) is 0 Å². The van der Waals surface area contributed by atoms with Crippen LogP contribution in [0.2, 0.25) is 0 Å². The second kappa shape index (κ2) is 11.9. The van der Waals surface area contributed by atoms with Crippen molar-refractivity contribution in [3.8, 4) is 0 Å². The van der Waals surface area contributed by atoms with Gasteiger partial charge in [0.25, 0.3) is 5.91 Å². The molecule has 0 spiro atoms. The van der Waals surface area contributed by atoms with Crippen molar-refractivity contribution in [3.63, 3.8) is 0 Å². The number of carbonyl (C=O) groups is 3. The lowest BCUT2D eigenvalue weighted by Gasteiger charge is -2.21. The van der Waals surface area contributed by atoms with Crippen LogP contribution in [0, 0.1) is 0 Å². The Labute approximate surface area is 149 Å². The van der Waals surface area contributed by atoms with E-state index in [9.17, 15) is 14.4 Å². The van der Waals surface area contributed by atoms with Crippen molar-refractivity contribution >= 4 is 39.8 Å². The number of hydrogen-bond acceptors (Lipinski definition) is 8. The predicted molar refractivity (Wildman–Crippen MR) is 94.2 cm³/mol. The first kappa shape index (κ1) is 20.5. The van der Waals surface area contributed by atoms with Gasteiger partial charge in [0.1, 0.15) is 17.4 Å². The van der Waals surface area contributed by atoms with Gasteiger partial charge < -0.3 is 9.63 Å². The third kappa shape index (κ3) is 8.32. The quantitative estimate of drug-likeness (QED) is 0.288. The largest absolute Gasteiger partial charge is 0.349 e. The number of likely N-dealkylation sites (N-methyl/N-ethyl adjacent to an activating group) is 1. The van der Waals surface area contributed by atoms with E-state index in [1.165, 1.54) is 0 Å². The maximum absolute atomic E-state index is 12.1. The normalized spacial score (nSPS) is 11.8. The molecule has 9 heteroatoms. The number of nitrogens with one attached hydrogen (secondary N) is 1. The number of aldehydes is 1. The van der Waals surface area contributed by atoms with Gasteiger partial charge in [0, 0.05) is 24.8 Å². The molecule has 1 heterocycles. The van der Waals surface area contributed by atoms with Gasteiger partial charge in [-0.2, -0.15) is 5.48 Å². The van der Waals surface area contributed by atoms with E-state index in [-0.39, 0.29) is 12.8 Å². The number of carbonyl (C=O) groups excluding carboxylic acids is 3. The third-order valence-corrected chi connectivity index (χ3v) is 5.21. The molecule has 24 heavy (non-hydrogen) atoms. The zero-order valence-corrected chi connectivity index (χ0v) is 15.3. The maximum atomic E-state index is 12.1. The Morgan fingerprint density at radius 1 is 1.42 bits per heavy atom. The SMILES string of the molecule is CN(C)C(CCSSc1ccccn1)C(=O)ONC(=O)CCC=O. The van der Waals surface area contributed by atoms with E-state index in [4.69, 9.17) is 4.84 Å². The van der Waals surface area contributed by atoms with E-state index in [1.54, 1.807) is 46.8 Å². The molecule has 1 atom stereocenters. The van der Waals surface area contributed by atoms with Crippen LogP contribution in [-0.4, -0.2) is 53.9 Å². The van der Waals surface area contributed by atoms with E-state index in [0.29, 0.717) is 12.7 Å². The minimum absolute atomic E-state index is 0.0000214. The predicted octanol–water partition coefficient (Wildman–Crippen LogP) is 1.70. The average Bonchev–Trinajstić information content (AvgIpc) is 2.58. The van der Waals surface area contributed by atoms with Gasteiger partial charge in [0.05, 0.1) is 0 Å². The molecule has 1 N–H and O–H groups in total. The molecule has 1 rings (SSSR count). The van der Waals surface area contributed by atoms with Crippen LogP contribution in [0.15, 0.2) is 29.4 Å². The second-order valence-electron chi connectivity index (χ2n) is 4.99. The summed E-state index contributed by atoms with van der Waals surface area (Å²) in [4.78, 5) is 44.3. The molecule has 0 aromatic carbocycles. The summed E-state index contributed by atoms with van der Waals surface area (Å²) in [6.07, 6.45) is 3.04. The number of hydrogen-bond donors (Lipinski definition) is 1. The van der Waals surface area contributed by atoms with Crippen LogP contribution >= 0.6 is 21.6 Å². The lowest BCUT2D eigenvalue weighted by Crippen LogP contribution is -2.41. The average molecular weight is 371 g/mol. The topological polar surface area (TPSA) is 88.6 Å². The molecule has 0 aliphatic rings. The number of amides is 1. The summed E-state index contributed by atoms with van der Waals surface area (Å²) in [5, 5.41) is 0.911. The molecule has 1 aromatic rings. The second-order valence-corrected chi connectivity index (χ2v) is 7.43. The van der Waals surface area contributed by atoms with Gasteiger partial charge in [-0.3, -0.25) is 9.69 Å². The molecule has 7 nitrogen and oxygen atoms in total. The van der Waals surface area contributed by atoms with E-state index in [1.807, 2.05) is 18.2 Å². The van der Waals surface area contributed by atoms with Crippen LogP contribution in [0.5, 0.6) is 0 Å². The number of aromatic nitrogens is 1. The Morgan fingerprint density at radius 2 is 2.21 bits per heavy atom. The number of pyridine rings is 1. The Kier molecular flexibility index (Phi) is 10.1. The summed E-state index contributed by atoms with van der Waals surface area (Å²) in [7, 11) is 6.69. The van der Waals surface area contributed by atoms with Gasteiger partial charge in [-0.05, 0) is 43.4 Å². The molecule has 1 aromatic heterocycles. The fourth-order valence-electron chi connectivity index (χ4n) is 1.66. The molecule has 0 radical (unpaired) electrons. The van der Waals surface area contributed by atoms with Crippen LogP contribution < -0.4 is 5.48 Å². The molecule has 132 valence electrons. The van der Waals surface area contributed by atoms with Crippen molar-refractivity contribution in [2.45, 2.75) is 30.3 Å². The highest BCUT2D eigenvalue weighted by Gasteiger charge is 2.23. The molecular formula is C15H21N3O4S2. The van der Waals surface area contributed by atoms with Crippen LogP contribution in [0.4, 0.5) is 0 Å². The fourth-order valence-corrected chi connectivity index (χ4v) is 3.62. The lowest BCUT2D eigenvalue weighted by atomic mass is 10.2. The van der Waals surface area contributed by atoms with Gasteiger partial charge in [-0.15, -0.1) is 0 Å². The van der Waals surface area contributed by atoms with Crippen LogP contribution in [-0.2, 0) is 19.2 Å². The maximum Gasteiger partial charge on any atom is 0.349 e. The smallest absolute Gasteiger partial charge is 0.339 e. The van der Waals surface area contributed by atoms with Crippen molar-refractivity contribution in [2.24, 2.45) is 0 Å². The van der Waals surface area contributed by atoms with Crippen molar-refractivity contribution < 1.29 is 19.2 Å². The van der Waals surface area contributed by atoms with Crippen LogP contribution in [0.25, 0.3) is 0 Å². The zero-order valence-electron chi connectivity index (χ0n) is 13.6. The molecule has 0 saturated heterocycles. The van der Waals surface area contributed by atoms with Crippen molar-refractivity contribution in [1.82, 2.24) is 15.4 Å². The first-order valence-corrected chi connectivity index (χ1v) is 9.66. The highest BCUT2D eigenvalue weighted by Crippen LogP contribution is 2.29. The Balaban J connectivity index is 2.33. The van der Waals surface area contributed by atoms with Crippen molar-refractivity contribution in [2.75, 3.05) is 19.8 Å². The molecule has 1 amide bonds. The lowest BCUT2D eigenvalue weighted by molar-refractivity contribution is -0.162. The number of nitrogens with zero attached hydrogens (tertiary/aromatic N) is 2. The standard InChI is InChI=1S/C15H21N3O4S2/c1-18(2)12(15(21)22-17-13(20)6-5-10-19)8-11-23-24-14-7-3-4-9-16-14/h3-4,7,9-10,12H,5-6,8,11H2,1-2H3,(H,17,20). The van der Waals surface area contributed by atoms with Gasteiger partial charge in [0.2, 0.25) is 0 Å². The van der Waals surface area contributed by atoms with Crippen molar-refractivity contribution in [1.29, 1.82) is 0 Å². The Hall–Kier alpha value is -1.58. The molecule has 0 fully saturated rings. The number of rotatable bonds is 10. The Morgan fingerprint density at radius 3 is 2.83 bits per heavy atom. The molecule has 1 unspecified atom stereocenters. The summed E-state index contributed by atoms with van der Waals surface area (Å²) in [5.74, 6) is -0.297. The molecular weight excluding hydrogens is 350 g/mol. The van der Waals surface area contributed by atoms with Crippen LogP contribution in [0.1, 0.15) is 19.3 Å². The summed E-state index contributed by atoms with van der Waals surface area (Å²) in [6.45, 7) is 0. The molecule has 0 aliphatic heterocycles.